The van der Waals surface area contributed by atoms with Gasteiger partial charge in [-0.3, -0.25) is 9.69 Å². The van der Waals surface area contributed by atoms with Gasteiger partial charge in [0.1, 0.15) is 5.76 Å². The number of piperazine rings is 1. The first-order chi connectivity index (χ1) is 11.7. The smallest absolute Gasteiger partial charge is 0.275 e. The van der Waals surface area contributed by atoms with Crippen LogP contribution in [0.2, 0.25) is 0 Å². The molecule has 1 aliphatic rings. The molecule has 0 aromatic carbocycles. The first-order valence-electron chi connectivity index (χ1n) is 8.12. The lowest BCUT2D eigenvalue weighted by molar-refractivity contribution is 0.230. The average molecular weight is 345 g/mol. The van der Waals surface area contributed by atoms with Gasteiger partial charge in [-0.15, -0.1) is 5.10 Å². The maximum Gasteiger partial charge on any atom is 0.275 e. The van der Waals surface area contributed by atoms with E-state index < -0.39 is 0 Å². The third-order valence-corrected chi connectivity index (χ3v) is 5.22. The standard InChI is InChI=1S/C16H19N5O2S/c1-2-12-10-14(22)21-15(17-12)24-16(18-21)20-7-5-19(6-8-20)11-13-4-3-9-23-13/h3-4,9-10H,2,5-8,11H2,1H3. The van der Waals surface area contributed by atoms with Gasteiger partial charge in [-0.05, 0) is 18.6 Å². The van der Waals surface area contributed by atoms with Crippen molar-refractivity contribution in [3.8, 4) is 0 Å². The molecule has 1 aliphatic heterocycles. The summed E-state index contributed by atoms with van der Waals surface area (Å²) in [4.78, 5) is 21.9. The Labute approximate surface area is 143 Å². The number of aryl methyl sites for hydroxylation is 1. The van der Waals surface area contributed by atoms with Crippen LogP contribution in [0.4, 0.5) is 5.13 Å². The first kappa shape index (κ1) is 15.3. The largest absolute Gasteiger partial charge is 0.468 e. The second-order valence-corrected chi connectivity index (χ2v) is 6.80. The van der Waals surface area contributed by atoms with Gasteiger partial charge in [0, 0.05) is 37.9 Å². The summed E-state index contributed by atoms with van der Waals surface area (Å²) in [6.45, 7) is 6.49. The van der Waals surface area contributed by atoms with Gasteiger partial charge in [-0.2, -0.15) is 4.52 Å². The molecule has 0 bridgehead atoms. The molecule has 0 saturated carbocycles. The first-order valence-corrected chi connectivity index (χ1v) is 8.94. The molecule has 3 aromatic heterocycles. The molecule has 0 unspecified atom stereocenters. The van der Waals surface area contributed by atoms with Crippen molar-refractivity contribution in [2.75, 3.05) is 31.1 Å². The Balaban J connectivity index is 1.48. The van der Waals surface area contributed by atoms with E-state index in [4.69, 9.17) is 4.42 Å². The number of hydrogen-bond acceptors (Lipinski definition) is 7. The highest BCUT2D eigenvalue weighted by Crippen LogP contribution is 2.23. The predicted octanol–water partition coefficient (Wildman–Crippen LogP) is 1.63. The molecule has 3 aromatic rings. The molecule has 0 atom stereocenters. The van der Waals surface area contributed by atoms with Crippen LogP contribution in [0, 0.1) is 0 Å². The van der Waals surface area contributed by atoms with Gasteiger partial charge in [0.2, 0.25) is 10.1 Å². The van der Waals surface area contributed by atoms with Crippen LogP contribution in [-0.4, -0.2) is 45.7 Å². The van der Waals surface area contributed by atoms with E-state index in [0.717, 1.165) is 55.7 Å². The summed E-state index contributed by atoms with van der Waals surface area (Å²) in [5, 5.41) is 5.33. The number of furan rings is 1. The topological polar surface area (TPSA) is 66.9 Å². The lowest BCUT2D eigenvalue weighted by Crippen LogP contribution is -2.46. The third-order valence-electron chi connectivity index (χ3n) is 4.25. The predicted molar refractivity (Wildman–Crippen MR) is 92.7 cm³/mol. The Bertz CT molecular complexity index is 878. The van der Waals surface area contributed by atoms with E-state index in [2.05, 4.69) is 19.9 Å². The fourth-order valence-corrected chi connectivity index (χ4v) is 3.85. The molecule has 126 valence electrons. The summed E-state index contributed by atoms with van der Waals surface area (Å²) in [6.07, 6.45) is 2.46. The highest BCUT2D eigenvalue weighted by Gasteiger charge is 2.21. The van der Waals surface area contributed by atoms with Crippen molar-refractivity contribution in [1.82, 2.24) is 19.5 Å². The Hall–Kier alpha value is -2.19. The van der Waals surface area contributed by atoms with Crippen LogP contribution >= 0.6 is 11.3 Å². The Morgan fingerprint density at radius 1 is 1.29 bits per heavy atom. The Morgan fingerprint density at radius 3 is 2.83 bits per heavy atom. The minimum Gasteiger partial charge on any atom is -0.468 e. The second-order valence-electron chi connectivity index (χ2n) is 5.86. The Kier molecular flexibility index (Phi) is 4.07. The number of aromatic nitrogens is 3. The summed E-state index contributed by atoms with van der Waals surface area (Å²) in [5.41, 5.74) is 0.717. The highest BCUT2D eigenvalue weighted by atomic mass is 32.1. The van der Waals surface area contributed by atoms with Gasteiger partial charge in [0.05, 0.1) is 12.8 Å². The van der Waals surface area contributed by atoms with Crippen molar-refractivity contribution >= 4 is 21.4 Å². The van der Waals surface area contributed by atoms with Crippen molar-refractivity contribution in [1.29, 1.82) is 0 Å². The molecule has 7 nitrogen and oxygen atoms in total. The molecule has 0 spiro atoms. The van der Waals surface area contributed by atoms with Crippen molar-refractivity contribution in [2.24, 2.45) is 0 Å². The van der Waals surface area contributed by atoms with Gasteiger partial charge in [0.15, 0.2) is 0 Å². The van der Waals surface area contributed by atoms with Crippen LogP contribution < -0.4 is 10.5 Å². The molecule has 0 aliphatic carbocycles. The SMILES string of the molecule is CCc1cc(=O)n2nc(N3CCN(Cc4ccco4)CC3)sc2n1. The van der Waals surface area contributed by atoms with Gasteiger partial charge < -0.3 is 9.32 Å². The second kappa shape index (κ2) is 6.37. The van der Waals surface area contributed by atoms with E-state index in [1.54, 1.807) is 12.3 Å². The lowest BCUT2D eigenvalue weighted by Gasteiger charge is -2.33. The van der Waals surface area contributed by atoms with Crippen LogP contribution in [0.1, 0.15) is 18.4 Å². The van der Waals surface area contributed by atoms with Crippen molar-refractivity contribution in [3.05, 3.63) is 46.3 Å². The summed E-state index contributed by atoms with van der Waals surface area (Å²) >= 11 is 1.48. The maximum absolute atomic E-state index is 12.1. The lowest BCUT2D eigenvalue weighted by atomic mass is 10.3. The normalized spacial score (nSPS) is 16.1. The van der Waals surface area contributed by atoms with E-state index in [0.29, 0.717) is 4.96 Å². The number of nitrogens with zero attached hydrogens (tertiary/aromatic N) is 5. The minimum atomic E-state index is -0.101. The number of fused-ring (bicyclic) bond motifs is 1. The molecule has 0 N–H and O–H groups in total. The van der Waals surface area contributed by atoms with Crippen molar-refractivity contribution < 1.29 is 4.42 Å². The molecular weight excluding hydrogens is 326 g/mol. The van der Waals surface area contributed by atoms with E-state index in [9.17, 15) is 4.79 Å². The van der Waals surface area contributed by atoms with E-state index in [1.165, 1.54) is 15.9 Å². The van der Waals surface area contributed by atoms with Gasteiger partial charge in [-0.25, -0.2) is 4.98 Å². The monoisotopic (exact) mass is 345 g/mol. The van der Waals surface area contributed by atoms with Crippen molar-refractivity contribution in [2.45, 2.75) is 19.9 Å². The Morgan fingerprint density at radius 2 is 2.12 bits per heavy atom. The molecule has 0 amide bonds. The van der Waals surface area contributed by atoms with Gasteiger partial charge in [-0.1, -0.05) is 18.3 Å². The zero-order valence-electron chi connectivity index (χ0n) is 13.5. The fraction of sp³-hybridized carbons (Fsp3) is 0.438. The number of rotatable bonds is 4. The van der Waals surface area contributed by atoms with Crippen LogP contribution in [0.15, 0.2) is 33.7 Å². The third kappa shape index (κ3) is 2.94. The summed E-state index contributed by atoms with van der Waals surface area (Å²) in [7, 11) is 0. The van der Waals surface area contributed by atoms with Crippen LogP contribution in [0.25, 0.3) is 4.96 Å². The number of hydrogen-bond donors (Lipinski definition) is 0. The van der Waals surface area contributed by atoms with E-state index >= 15 is 0 Å². The summed E-state index contributed by atoms with van der Waals surface area (Å²) < 4.78 is 6.82. The maximum atomic E-state index is 12.1. The molecule has 1 fully saturated rings. The van der Waals surface area contributed by atoms with Crippen LogP contribution in [0.5, 0.6) is 0 Å². The molecular formula is C16H19N5O2S. The molecule has 4 rings (SSSR count). The molecule has 1 saturated heterocycles. The summed E-state index contributed by atoms with van der Waals surface area (Å²) in [5.74, 6) is 0.992. The van der Waals surface area contributed by atoms with E-state index in [-0.39, 0.29) is 5.56 Å². The molecule has 0 radical (unpaired) electrons. The van der Waals surface area contributed by atoms with Crippen LogP contribution in [0.3, 0.4) is 0 Å². The van der Waals surface area contributed by atoms with Crippen LogP contribution in [-0.2, 0) is 13.0 Å². The zero-order chi connectivity index (χ0) is 16.5. The fourth-order valence-electron chi connectivity index (χ4n) is 2.88. The van der Waals surface area contributed by atoms with Gasteiger partial charge >= 0.3 is 0 Å². The minimum absolute atomic E-state index is 0.101. The summed E-state index contributed by atoms with van der Waals surface area (Å²) in [6, 6.07) is 5.49. The average Bonchev–Trinajstić information content (AvgIpc) is 3.25. The molecule has 8 heteroatoms. The van der Waals surface area contributed by atoms with Gasteiger partial charge in [0.25, 0.3) is 5.56 Å². The quantitative estimate of drug-likeness (QED) is 0.716. The van der Waals surface area contributed by atoms with Crippen molar-refractivity contribution in [3.63, 3.8) is 0 Å². The zero-order valence-corrected chi connectivity index (χ0v) is 14.3. The highest BCUT2D eigenvalue weighted by molar-refractivity contribution is 7.20. The molecule has 4 heterocycles. The van der Waals surface area contributed by atoms with E-state index in [1.807, 2.05) is 19.1 Å². The molecule has 24 heavy (non-hydrogen) atoms. The number of anilines is 1.